The highest BCUT2D eigenvalue weighted by Crippen LogP contribution is 2.18. The van der Waals surface area contributed by atoms with Crippen LogP contribution in [0.5, 0.6) is 0 Å². The number of aromatic nitrogens is 3. The van der Waals surface area contributed by atoms with Gasteiger partial charge in [-0.25, -0.2) is 14.8 Å². The highest BCUT2D eigenvalue weighted by molar-refractivity contribution is 5.68. The summed E-state index contributed by atoms with van der Waals surface area (Å²) in [5.41, 5.74) is 0.952. The molecule has 0 saturated carbocycles. The first-order valence-electron chi connectivity index (χ1n) is 8.82. The molecule has 1 aliphatic heterocycles. The summed E-state index contributed by atoms with van der Waals surface area (Å²) < 4.78 is 5.06. The number of carbonyl (C=O) groups is 1. The number of rotatable bonds is 5. The van der Waals surface area contributed by atoms with Gasteiger partial charge in [0.15, 0.2) is 0 Å². The van der Waals surface area contributed by atoms with Crippen LogP contribution in [0.4, 0.5) is 16.4 Å². The first kappa shape index (κ1) is 17.9. The van der Waals surface area contributed by atoms with Gasteiger partial charge in [-0.3, -0.25) is 4.98 Å². The summed E-state index contributed by atoms with van der Waals surface area (Å²) in [6, 6.07) is 7.77. The number of nitrogens with zero attached hydrogens (tertiary/aromatic N) is 5. The van der Waals surface area contributed by atoms with Crippen molar-refractivity contribution in [3.8, 4) is 0 Å². The summed E-state index contributed by atoms with van der Waals surface area (Å²) in [6.45, 7) is 7.38. The van der Waals surface area contributed by atoms with Crippen molar-refractivity contribution >= 4 is 17.7 Å². The predicted molar refractivity (Wildman–Crippen MR) is 99.1 cm³/mol. The van der Waals surface area contributed by atoms with E-state index in [2.05, 4.69) is 25.2 Å². The zero-order valence-electron chi connectivity index (χ0n) is 15.2. The van der Waals surface area contributed by atoms with Gasteiger partial charge in [0.25, 0.3) is 0 Å². The molecule has 138 valence electrons. The highest BCUT2D eigenvalue weighted by Gasteiger charge is 2.23. The molecule has 0 bridgehead atoms. The van der Waals surface area contributed by atoms with Crippen molar-refractivity contribution in [1.82, 2.24) is 19.9 Å². The lowest BCUT2D eigenvalue weighted by Gasteiger charge is -2.34. The summed E-state index contributed by atoms with van der Waals surface area (Å²) in [4.78, 5) is 29.0. The van der Waals surface area contributed by atoms with Crippen molar-refractivity contribution in [2.24, 2.45) is 0 Å². The molecule has 0 atom stereocenters. The monoisotopic (exact) mass is 356 g/mol. The minimum absolute atomic E-state index is 0.247. The second-order valence-corrected chi connectivity index (χ2v) is 6.01. The average Bonchev–Trinajstić information content (AvgIpc) is 2.67. The molecule has 1 aliphatic rings. The topological polar surface area (TPSA) is 83.5 Å². The normalized spacial score (nSPS) is 14.2. The predicted octanol–water partition coefficient (Wildman–Crippen LogP) is 2.07. The molecule has 8 nitrogen and oxygen atoms in total. The number of nitrogens with one attached hydrogen (secondary N) is 1. The number of ether oxygens (including phenoxy) is 1. The Hall–Kier alpha value is -2.90. The van der Waals surface area contributed by atoms with E-state index in [9.17, 15) is 4.79 Å². The van der Waals surface area contributed by atoms with E-state index in [0.29, 0.717) is 32.1 Å². The van der Waals surface area contributed by atoms with Gasteiger partial charge in [0.2, 0.25) is 0 Å². The van der Waals surface area contributed by atoms with E-state index < -0.39 is 0 Å². The molecular formula is C18H24N6O2. The molecule has 2 aromatic heterocycles. The van der Waals surface area contributed by atoms with Crippen molar-refractivity contribution in [2.45, 2.75) is 20.4 Å². The fourth-order valence-electron chi connectivity index (χ4n) is 2.82. The molecule has 0 radical (unpaired) electrons. The van der Waals surface area contributed by atoms with Gasteiger partial charge >= 0.3 is 6.09 Å². The van der Waals surface area contributed by atoms with Gasteiger partial charge in [-0.2, -0.15) is 0 Å². The highest BCUT2D eigenvalue weighted by atomic mass is 16.6. The van der Waals surface area contributed by atoms with Crippen LogP contribution in [0.25, 0.3) is 0 Å². The summed E-state index contributed by atoms with van der Waals surface area (Å²) in [5, 5.41) is 3.30. The summed E-state index contributed by atoms with van der Waals surface area (Å²) >= 11 is 0. The lowest BCUT2D eigenvalue weighted by Crippen LogP contribution is -2.49. The van der Waals surface area contributed by atoms with Gasteiger partial charge in [-0.05, 0) is 26.0 Å². The molecule has 26 heavy (non-hydrogen) atoms. The zero-order chi connectivity index (χ0) is 18.4. The number of piperazine rings is 1. The summed E-state index contributed by atoms with van der Waals surface area (Å²) in [7, 11) is 0. The van der Waals surface area contributed by atoms with Crippen LogP contribution >= 0.6 is 0 Å². The van der Waals surface area contributed by atoms with Gasteiger partial charge in [-0.15, -0.1) is 0 Å². The van der Waals surface area contributed by atoms with E-state index in [1.807, 2.05) is 38.1 Å². The third-order valence-electron chi connectivity index (χ3n) is 4.13. The first-order chi connectivity index (χ1) is 12.7. The van der Waals surface area contributed by atoms with Crippen LogP contribution in [0.2, 0.25) is 0 Å². The Balaban J connectivity index is 1.62. The Morgan fingerprint density at radius 3 is 2.73 bits per heavy atom. The smallest absolute Gasteiger partial charge is 0.409 e. The van der Waals surface area contributed by atoms with E-state index in [1.54, 1.807) is 11.1 Å². The fourth-order valence-corrected chi connectivity index (χ4v) is 2.82. The molecule has 8 heteroatoms. The van der Waals surface area contributed by atoms with Crippen LogP contribution < -0.4 is 10.2 Å². The van der Waals surface area contributed by atoms with Gasteiger partial charge in [0.05, 0.1) is 18.8 Å². The maximum atomic E-state index is 11.8. The molecule has 0 aliphatic carbocycles. The van der Waals surface area contributed by atoms with Gasteiger partial charge in [0, 0.05) is 38.4 Å². The number of anilines is 2. The van der Waals surface area contributed by atoms with E-state index in [1.165, 1.54) is 0 Å². The maximum absolute atomic E-state index is 11.8. The van der Waals surface area contributed by atoms with Crippen LogP contribution in [0.3, 0.4) is 0 Å². The number of pyridine rings is 1. The number of amides is 1. The molecule has 1 N–H and O–H groups in total. The molecule has 1 saturated heterocycles. The zero-order valence-corrected chi connectivity index (χ0v) is 15.2. The van der Waals surface area contributed by atoms with Crippen molar-refractivity contribution in [2.75, 3.05) is 43.0 Å². The molecule has 0 aromatic carbocycles. The van der Waals surface area contributed by atoms with Crippen LogP contribution in [0.1, 0.15) is 18.4 Å². The number of aryl methyl sites for hydroxylation is 1. The Kier molecular flexibility index (Phi) is 5.83. The van der Waals surface area contributed by atoms with Crippen molar-refractivity contribution in [1.29, 1.82) is 0 Å². The second-order valence-electron chi connectivity index (χ2n) is 6.01. The van der Waals surface area contributed by atoms with Crippen LogP contribution in [0.15, 0.2) is 30.5 Å². The minimum Gasteiger partial charge on any atom is -0.450 e. The Morgan fingerprint density at radius 2 is 2.04 bits per heavy atom. The maximum Gasteiger partial charge on any atom is 0.409 e. The third-order valence-corrected chi connectivity index (χ3v) is 4.13. The number of hydrogen-bond acceptors (Lipinski definition) is 7. The van der Waals surface area contributed by atoms with E-state index in [4.69, 9.17) is 4.74 Å². The third kappa shape index (κ3) is 4.59. The number of hydrogen-bond donors (Lipinski definition) is 1. The summed E-state index contributed by atoms with van der Waals surface area (Å²) in [6.07, 6.45) is 1.53. The standard InChI is InChI=1S/C18H24N6O2/c1-3-26-18(25)24-10-8-23(9-11-24)17-12-16(21-14(2)22-17)20-13-15-6-4-5-7-19-15/h4-7,12H,3,8-11,13H2,1-2H3,(H,20,21,22). The summed E-state index contributed by atoms with van der Waals surface area (Å²) in [5.74, 6) is 2.34. The molecule has 3 rings (SSSR count). The van der Waals surface area contributed by atoms with E-state index >= 15 is 0 Å². The molecular weight excluding hydrogens is 332 g/mol. The van der Waals surface area contributed by atoms with Crippen LogP contribution in [0, 0.1) is 6.92 Å². The molecule has 3 heterocycles. The van der Waals surface area contributed by atoms with Gasteiger partial charge in [-0.1, -0.05) is 6.07 Å². The lowest BCUT2D eigenvalue weighted by atomic mass is 10.3. The van der Waals surface area contributed by atoms with Crippen molar-refractivity contribution in [3.05, 3.63) is 42.0 Å². The molecule has 0 spiro atoms. The Bertz CT molecular complexity index is 732. The molecule has 2 aromatic rings. The molecule has 0 unspecified atom stereocenters. The SMILES string of the molecule is CCOC(=O)N1CCN(c2cc(NCc3ccccn3)nc(C)n2)CC1. The van der Waals surface area contributed by atoms with Crippen LogP contribution in [-0.2, 0) is 11.3 Å². The molecule has 1 fully saturated rings. The fraction of sp³-hybridized carbons (Fsp3) is 0.444. The largest absolute Gasteiger partial charge is 0.450 e. The quantitative estimate of drug-likeness (QED) is 0.878. The first-order valence-corrected chi connectivity index (χ1v) is 8.82. The number of carbonyl (C=O) groups excluding carboxylic acids is 1. The van der Waals surface area contributed by atoms with Crippen molar-refractivity contribution in [3.63, 3.8) is 0 Å². The van der Waals surface area contributed by atoms with Gasteiger partial charge in [0.1, 0.15) is 17.5 Å². The van der Waals surface area contributed by atoms with Gasteiger partial charge < -0.3 is 19.9 Å². The average molecular weight is 356 g/mol. The lowest BCUT2D eigenvalue weighted by molar-refractivity contribution is 0.105. The Labute approximate surface area is 153 Å². The minimum atomic E-state index is -0.247. The van der Waals surface area contributed by atoms with E-state index in [0.717, 1.165) is 30.4 Å². The van der Waals surface area contributed by atoms with Crippen LogP contribution in [-0.4, -0.2) is 58.7 Å². The second kappa shape index (κ2) is 8.46. The Morgan fingerprint density at radius 1 is 1.23 bits per heavy atom. The molecule has 1 amide bonds. The van der Waals surface area contributed by atoms with E-state index in [-0.39, 0.29) is 6.09 Å². The van der Waals surface area contributed by atoms with Crippen molar-refractivity contribution < 1.29 is 9.53 Å².